The summed E-state index contributed by atoms with van der Waals surface area (Å²) >= 11 is 0. The van der Waals surface area contributed by atoms with E-state index < -0.39 is 11.8 Å². The van der Waals surface area contributed by atoms with E-state index in [1.807, 2.05) is 0 Å². The van der Waals surface area contributed by atoms with Crippen LogP contribution in [0.25, 0.3) is 0 Å². The van der Waals surface area contributed by atoms with Crippen molar-refractivity contribution < 1.29 is 18.8 Å². The monoisotopic (exact) mass is 357 g/mol. The first kappa shape index (κ1) is 19.1. The number of carbonyl (C=O) groups excluding carboxylic acids is 3. The van der Waals surface area contributed by atoms with Gasteiger partial charge in [-0.25, -0.2) is 4.39 Å². The lowest BCUT2D eigenvalue weighted by Gasteiger charge is -2.12. The first-order valence-corrected chi connectivity index (χ1v) is 7.99. The minimum Gasteiger partial charge on any atom is -0.344 e. The second kappa shape index (κ2) is 8.24. The summed E-state index contributed by atoms with van der Waals surface area (Å²) in [7, 11) is 0. The largest absolute Gasteiger partial charge is 0.344 e. The van der Waals surface area contributed by atoms with Crippen molar-refractivity contribution in [2.24, 2.45) is 0 Å². The first-order chi connectivity index (χ1) is 12.3. The Morgan fingerprint density at radius 1 is 0.962 bits per heavy atom. The van der Waals surface area contributed by atoms with Gasteiger partial charge in [0.2, 0.25) is 5.91 Å². The molecule has 0 heterocycles. The smallest absolute Gasteiger partial charge is 0.313 e. The summed E-state index contributed by atoms with van der Waals surface area (Å²) in [5, 5.41) is 7.59. The number of hydrogen-bond donors (Lipinski definition) is 3. The Morgan fingerprint density at radius 3 is 2.23 bits per heavy atom. The van der Waals surface area contributed by atoms with Crippen molar-refractivity contribution in [2.75, 3.05) is 10.6 Å². The zero-order chi connectivity index (χ0) is 19.3. The molecule has 0 radical (unpaired) electrons. The SMILES string of the molecule is CC(=O)Nc1cccc(NC(=O)C(=O)NCc2ccc(C)c(F)c2)c1C. The molecule has 0 bridgehead atoms. The molecule has 0 aliphatic heterocycles. The van der Waals surface area contributed by atoms with E-state index in [0.717, 1.165) is 0 Å². The van der Waals surface area contributed by atoms with Crippen molar-refractivity contribution in [2.45, 2.75) is 27.3 Å². The van der Waals surface area contributed by atoms with E-state index >= 15 is 0 Å². The molecule has 0 fully saturated rings. The molecule has 0 spiro atoms. The maximum absolute atomic E-state index is 13.5. The molecular weight excluding hydrogens is 337 g/mol. The van der Waals surface area contributed by atoms with Crippen molar-refractivity contribution in [3.05, 3.63) is 58.9 Å². The molecular formula is C19H20FN3O3. The highest BCUT2D eigenvalue weighted by Crippen LogP contribution is 2.23. The average Bonchev–Trinajstić information content (AvgIpc) is 2.58. The van der Waals surface area contributed by atoms with Crippen LogP contribution in [0.2, 0.25) is 0 Å². The molecule has 0 atom stereocenters. The summed E-state index contributed by atoms with van der Waals surface area (Å²) in [6.45, 7) is 4.77. The van der Waals surface area contributed by atoms with Gasteiger partial charge in [-0.1, -0.05) is 18.2 Å². The molecule has 0 saturated carbocycles. The van der Waals surface area contributed by atoms with Gasteiger partial charge in [0.15, 0.2) is 0 Å². The van der Waals surface area contributed by atoms with Crippen molar-refractivity contribution in [3.8, 4) is 0 Å². The third kappa shape index (κ3) is 4.89. The molecule has 2 aromatic rings. The van der Waals surface area contributed by atoms with Crippen LogP contribution in [-0.4, -0.2) is 17.7 Å². The summed E-state index contributed by atoms with van der Waals surface area (Å²) in [6, 6.07) is 9.57. The highest BCUT2D eigenvalue weighted by Gasteiger charge is 2.15. The number of halogens is 1. The van der Waals surface area contributed by atoms with Crippen LogP contribution in [0.5, 0.6) is 0 Å². The number of amides is 3. The van der Waals surface area contributed by atoms with E-state index in [1.165, 1.54) is 13.0 Å². The maximum atomic E-state index is 13.5. The molecule has 6 nitrogen and oxygen atoms in total. The van der Waals surface area contributed by atoms with Gasteiger partial charge >= 0.3 is 11.8 Å². The first-order valence-electron chi connectivity index (χ1n) is 7.99. The fraction of sp³-hybridized carbons (Fsp3) is 0.211. The Bertz CT molecular complexity index is 865. The molecule has 0 aliphatic rings. The molecule has 136 valence electrons. The number of aryl methyl sites for hydroxylation is 1. The van der Waals surface area contributed by atoms with Gasteiger partial charge in [0.25, 0.3) is 0 Å². The topological polar surface area (TPSA) is 87.3 Å². The zero-order valence-electron chi connectivity index (χ0n) is 14.8. The molecule has 0 unspecified atom stereocenters. The van der Waals surface area contributed by atoms with Crippen LogP contribution in [0.3, 0.4) is 0 Å². The average molecular weight is 357 g/mol. The second-order valence-electron chi connectivity index (χ2n) is 5.88. The summed E-state index contributed by atoms with van der Waals surface area (Å²) in [5.74, 6) is -2.29. The number of carbonyl (C=O) groups is 3. The van der Waals surface area contributed by atoms with Gasteiger partial charge in [0.05, 0.1) is 0 Å². The van der Waals surface area contributed by atoms with E-state index in [0.29, 0.717) is 28.1 Å². The number of nitrogens with one attached hydrogen (secondary N) is 3. The lowest BCUT2D eigenvalue weighted by Crippen LogP contribution is -2.35. The maximum Gasteiger partial charge on any atom is 0.313 e. The molecule has 26 heavy (non-hydrogen) atoms. The zero-order valence-corrected chi connectivity index (χ0v) is 14.8. The summed E-state index contributed by atoms with van der Waals surface area (Å²) in [5.41, 5.74) is 2.65. The molecule has 0 aromatic heterocycles. The third-order valence-electron chi connectivity index (χ3n) is 3.79. The summed E-state index contributed by atoms with van der Waals surface area (Å²) < 4.78 is 13.5. The van der Waals surface area contributed by atoms with Gasteiger partial charge in [-0.15, -0.1) is 0 Å². The highest BCUT2D eigenvalue weighted by atomic mass is 19.1. The normalized spacial score (nSPS) is 10.2. The Labute approximate surface area is 150 Å². The van der Waals surface area contributed by atoms with E-state index in [9.17, 15) is 18.8 Å². The van der Waals surface area contributed by atoms with Gasteiger partial charge in [0.1, 0.15) is 5.82 Å². The molecule has 3 amide bonds. The van der Waals surface area contributed by atoms with Gasteiger partial charge in [-0.2, -0.15) is 0 Å². The lowest BCUT2D eigenvalue weighted by atomic mass is 10.1. The van der Waals surface area contributed by atoms with E-state index in [1.54, 1.807) is 44.2 Å². The standard InChI is InChI=1S/C19H20FN3O3/c1-11-7-8-14(9-15(11)20)10-21-18(25)19(26)23-17-6-4-5-16(12(17)2)22-13(3)24/h4-9H,10H2,1-3H3,(H,21,25)(H,22,24)(H,23,26). The fourth-order valence-corrected chi connectivity index (χ4v) is 2.28. The van der Waals surface area contributed by atoms with E-state index in [2.05, 4.69) is 16.0 Å². The van der Waals surface area contributed by atoms with Crippen LogP contribution in [0, 0.1) is 19.7 Å². The number of rotatable bonds is 4. The number of benzene rings is 2. The van der Waals surface area contributed by atoms with Gasteiger partial charge in [-0.05, 0) is 48.7 Å². The van der Waals surface area contributed by atoms with Crippen molar-refractivity contribution in [1.29, 1.82) is 0 Å². The van der Waals surface area contributed by atoms with Crippen LogP contribution in [0.4, 0.5) is 15.8 Å². The molecule has 3 N–H and O–H groups in total. The fourth-order valence-electron chi connectivity index (χ4n) is 2.28. The summed E-state index contributed by atoms with van der Waals surface area (Å²) in [6.07, 6.45) is 0. The third-order valence-corrected chi connectivity index (χ3v) is 3.79. The van der Waals surface area contributed by atoms with Crippen LogP contribution in [0.1, 0.15) is 23.6 Å². The Kier molecular flexibility index (Phi) is 6.06. The van der Waals surface area contributed by atoms with Crippen molar-refractivity contribution in [3.63, 3.8) is 0 Å². The van der Waals surface area contributed by atoms with Crippen LogP contribution in [-0.2, 0) is 20.9 Å². The second-order valence-corrected chi connectivity index (χ2v) is 5.88. The highest BCUT2D eigenvalue weighted by molar-refractivity contribution is 6.39. The molecule has 0 aliphatic carbocycles. The van der Waals surface area contributed by atoms with E-state index in [4.69, 9.17) is 0 Å². The number of anilines is 2. The van der Waals surface area contributed by atoms with Crippen LogP contribution < -0.4 is 16.0 Å². The molecule has 2 rings (SSSR count). The predicted molar refractivity (Wildman–Crippen MR) is 97.1 cm³/mol. The molecule has 2 aromatic carbocycles. The molecule has 7 heteroatoms. The van der Waals surface area contributed by atoms with Gasteiger partial charge < -0.3 is 16.0 Å². The molecule has 0 saturated heterocycles. The van der Waals surface area contributed by atoms with Gasteiger partial charge in [0, 0.05) is 24.8 Å². The van der Waals surface area contributed by atoms with Crippen LogP contribution >= 0.6 is 0 Å². The minimum absolute atomic E-state index is 0.0361. The Morgan fingerprint density at radius 2 is 1.62 bits per heavy atom. The number of hydrogen-bond acceptors (Lipinski definition) is 3. The van der Waals surface area contributed by atoms with Gasteiger partial charge in [-0.3, -0.25) is 14.4 Å². The Balaban J connectivity index is 1.99. The predicted octanol–water partition coefficient (Wildman–Crippen LogP) is 2.66. The minimum atomic E-state index is -0.847. The summed E-state index contributed by atoms with van der Waals surface area (Å²) in [4.78, 5) is 35.2. The van der Waals surface area contributed by atoms with Crippen LogP contribution in [0.15, 0.2) is 36.4 Å². The lowest BCUT2D eigenvalue weighted by molar-refractivity contribution is -0.136. The van der Waals surface area contributed by atoms with E-state index in [-0.39, 0.29) is 18.3 Å². The van der Waals surface area contributed by atoms with Crippen molar-refractivity contribution >= 4 is 29.1 Å². The quantitative estimate of drug-likeness (QED) is 0.735. The Hall–Kier alpha value is -3.22. The van der Waals surface area contributed by atoms with Crippen molar-refractivity contribution in [1.82, 2.24) is 5.32 Å².